The van der Waals surface area contributed by atoms with Gasteiger partial charge in [0.15, 0.2) is 11.5 Å². The summed E-state index contributed by atoms with van der Waals surface area (Å²) < 4.78 is 173. The van der Waals surface area contributed by atoms with Crippen LogP contribution in [-0.4, -0.2) is 223 Å². The van der Waals surface area contributed by atoms with Crippen molar-refractivity contribution in [2.75, 3.05) is 194 Å². The molecule has 12 bridgehead atoms. The second kappa shape index (κ2) is 39.5. The molecule has 24 nitrogen and oxygen atoms in total. The summed E-state index contributed by atoms with van der Waals surface area (Å²) in [7, 11) is -9.82. The number of nitrogens with one attached hydrogen (secondary N) is 1. The zero-order chi connectivity index (χ0) is 78.3. The molecule has 14 aliphatic rings. The summed E-state index contributed by atoms with van der Waals surface area (Å²) in [5.74, 6) is 8.25. The topological polar surface area (TPSA) is 258 Å². The molecule has 0 saturated heterocycles. The van der Waals surface area contributed by atoms with Gasteiger partial charge in [0.2, 0.25) is 11.1 Å². The van der Waals surface area contributed by atoms with Gasteiger partial charge in [-0.1, -0.05) is 6.07 Å². The van der Waals surface area contributed by atoms with Crippen LogP contribution < -0.4 is 33.8 Å². The largest absolute Gasteiger partial charge is 0.487 e. The van der Waals surface area contributed by atoms with Gasteiger partial charge >= 0.3 is 0 Å². The van der Waals surface area contributed by atoms with Crippen molar-refractivity contribution in [3.8, 4) is 39.7 Å². The molecule has 3 aromatic rings. The lowest BCUT2D eigenvalue weighted by atomic mass is 9.54. The van der Waals surface area contributed by atoms with Crippen molar-refractivity contribution < 1.29 is 96.9 Å². The van der Waals surface area contributed by atoms with Gasteiger partial charge in [0.25, 0.3) is 20.1 Å². The predicted octanol–water partition coefficient (Wildman–Crippen LogP) is 13.2. The summed E-state index contributed by atoms with van der Waals surface area (Å²) in [6.07, 6.45) is 23.1. The van der Waals surface area contributed by atoms with Gasteiger partial charge in [0.1, 0.15) is 49.1 Å². The van der Waals surface area contributed by atoms with Crippen molar-refractivity contribution in [3.05, 3.63) is 72.1 Å². The van der Waals surface area contributed by atoms with Gasteiger partial charge in [-0.15, -0.1) is 0 Å². The fraction of sp³-hybridized carbons (Fsp3) is 0.713. The average Bonchev–Trinajstić information content (AvgIpc) is 0.663. The molecular formula is C87H126N3O21S2+. The first kappa shape index (κ1) is 84.2. The summed E-state index contributed by atoms with van der Waals surface area (Å²) in [6.45, 7) is 19.2. The molecule has 2 N–H and O–H groups in total. The lowest BCUT2D eigenvalue weighted by molar-refractivity contribution is -0.169. The van der Waals surface area contributed by atoms with Crippen LogP contribution in [0.3, 0.4) is 0 Å². The van der Waals surface area contributed by atoms with Gasteiger partial charge < -0.3 is 80.4 Å². The molecule has 17 rings (SSSR count). The number of sulfonamides is 1. The number of ether oxygens (including phenoxy) is 15. The Morgan fingerprint density at radius 2 is 0.788 bits per heavy atom. The SMILES string of the molecule is CCN(CC)c1ccc2c(-c3ccc(S(=O)(=O)Nc4cc(OCCOCCOCCOCCOC56CC7CC(CC(C7)C5)C6)c(OCCOCCOCCOCCOC56CC7CC(CC(C7)C5)C6)c(OCCOCCOCCOCCOC56CC7CC(CC(C7)C5)C6)c4)cc3S(=O)(=O)O)c3ccc(=[N+](CC)CC)cc-3oc2c1. The molecule has 1 heterocycles. The highest BCUT2D eigenvalue weighted by Crippen LogP contribution is 2.60. The van der Waals surface area contributed by atoms with Crippen LogP contribution in [0.4, 0.5) is 11.4 Å². The Kier molecular flexibility index (Phi) is 29.5. The molecular weight excluding hydrogens is 1490 g/mol. The molecule has 0 radical (unpaired) electrons. The van der Waals surface area contributed by atoms with E-state index in [9.17, 15) is 21.4 Å². The van der Waals surface area contributed by atoms with Crippen molar-refractivity contribution in [1.82, 2.24) is 4.58 Å². The number of hydrogen-bond acceptors (Lipinski definition) is 21. The number of hydrogen-bond donors (Lipinski definition) is 2. The average molecular weight is 1610 g/mol. The van der Waals surface area contributed by atoms with Crippen LogP contribution in [-0.2, 0) is 77.0 Å². The summed E-state index contributed by atoms with van der Waals surface area (Å²) in [6, 6.07) is 18.0. The first-order chi connectivity index (χ1) is 55.0. The number of rotatable bonds is 52. The Bertz CT molecular complexity index is 3960. The van der Waals surface area contributed by atoms with E-state index in [0.29, 0.717) is 127 Å². The molecule has 0 spiro atoms. The third kappa shape index (κ3) is 22.0. The summed E-state index contributed by atoms with van der Waals surface area (Å²) in [5, 5.41) is 1.45. The van der Waals surface area contributed by atoms with Gasteiger partial charge in [-0.25, -0.2) is 13.0 Å². The van der Waals surface area contributed by atoms with Gasteiger partial charge in [-0.2, -0.15) is 8.42 Å². The number of nitrogens with zero attached hydrogens (tertiary/aromatic N) is 2. The van der Waals surface area contributed by atoms with Crippen LogP contribution in [0.2, 0.25) is 0 Å². The molecule has 113 heavy (non-hydrogen) atoms. The minimum atomic E-state index is -5.13. The van der Waals surface area contributed by atoms with E-state index < -0.39 is 29.9 Å². The van der Waals surface area contributed by atoms with E-state index in [1.807, 2.05) is 36.4 Å². The lowest BCUT2D eigenvalue weighted by Gasteiger charge is -2.56. The second-order valence-electron chi connectivity index (χ2n) is 33.6. The van der Waals surface area contributed by atoms with E-state index >= 15 is 0 Å². The van der Waals surface area contributed by atoms with Crippen LogP contribution in [0.1, 0.15) is 143 Å². The van der Waals surface area contributed by atoms with E-state index in [0.717, 1.165) is 96.6 Å². The Morgan fingerprint density at radius 3 is 1.16 bits per heavy atom. The maximum Gasteiger partial charge on any atom is 0.295 e. The van der Waals surface area contributed by atoms with Crippen LogP contribution in [0.25, 0.3) is 33.4 Å². The maximum atomic E-state index is 15.0. The normalized spacial score (nSPS) is 26.5. The van der Waals surface area contributed by atoms with Crippen molar-refractivity contribution in [2.24, 2.45) is 53.3 Å². The van der Waals surface area contributed by atoms with Crippen molar-refractivity contribution >= 4 is 42.5 Å². The van der Waals surface area contributed by atoms with E-state index in [1.165, 1.54) is 140 Å². The van der Waals surface area contributed by atoms with Gasteiger partial charge in [0.05, 0.1) is 172 Å². The molecule has 12 saturated carbocycles. The van der Waals surface area contributed by atoms with Crippen LogP contribution in [0.15, 0.2) is 80.9 Å². The highest BCUT2D eigenvalue weighted by molar-refractivity contribution is 7.92. The number of anilines is 2. The third-order valence-corrected chi connectivity index (χ3v) is 27.8. The molecule has 626 valence electrons. The minimum absolute atomic E-state index is 0.00189. The van der Waals surface area contributed by atoms with Crippen molar-refractivity contribution in [1.29, 1.82) is 0 Å². The first-order valence-electron chi connectivity index (χ1n) is 42.6. The molecule has 0 aromatic heterocycles. The van der Waals surface area contributed by atoms with Crippen LogP contribution in [0, 0.1) is 53.3 Å². The van der Waals surface area contributed by atoms with Crippen LogP contribution in [0.5, 0.6) is 17.2 Å². The summed E-state index contributed by atoms with van der Waals surface area (Å²) >= 11 is 0. The molecule has 26 heteroatoms. The third-order valence-electron chi connectivity index (χ3n) is 25.6. The highest BCUT2D eigenvalue weighted by Gasteiger charge is 2.54. The predicted molar refractivity (Wildman–Crippen MR) is 430 cm³/mol. The Morgan fingerprint density at radius 1 is 0.425 bits per heavy atom. The molecule has 0 amide bonds. The van der Waals surface area contributed by atoms with E-state index in [-0.39, 0.29) is 105 Å². The smallest absolute Gasteiger partial charge is 0.295 e. The quantitative estimate of drug-likeness (QED) is 0.0159. The molecule has 12 fully saturated rings. The number of benzene rings is 4. The van der Waals surface area contributed by atoms with E-state index in [1.54, 1.807) is 0 Å². The van der Waals surface area contributed by atoms with Gasteiger partial charge in [0, 0.05) is 65.1 Å². The number of fused-ring (bicyclic) bond motifs is 2. The maximum absolute atomic E-state index is 15.0. The van der Waals surface area contributed by atoms with Gasteiger partial charge in [-0.3, -0.25) is 9.27 Å². The molecule has 0 atom stereocenters. The lowest BCUT2D eigenvalue weighted by Crippen LogP contribution is -2.52. The molecule has 13 aliphatic carbocycles. The highest BCUT2D eigenvalue weighted by atomic mass is 32.2. The van der Waals surface area contributed by atoms with Crippen molar-refractivity contribution in [2.45, 2.75) is 170 Å². The minimum Gasteiger partial charge on any atom is -0.487 e. The summed E-state index contributed by atoms with van der Waals surface area (Å²) in [4.78, 5) is 1.08. The zero-order valence-electron chi connectivity index (χ0n) is 67.4. The second-order valence-corrected chi connectivity index (χ2v) is 36.7. The van der Waals surface area contributed by atoms with E-state index in [4.69, 9.17) is 75.5 Å². The molecule has 3 aromatic carbocycles. The Labute approximate surface area is 669 Å². The first-order valence-corrected chi connectivity index (χ1v) is 45.6. The standard InChI is InChI=1S/C87H125N3O21S2/c1-5-89(6-2)72-9-12-75-78(50-72)111-79-51-73(90(7-3)8-4)10-13-76(79)83(75)77-14-11-74(52-82(77)113(93,94)95)112(91,92)88-71-48-80(105-33-27-99-21-15-96-18-24-102-30-36-108-85-53-62-39-63(54-85)41-64(40-62)55-85)84(107-35-29-101-23-17-98-20-26-104-32-38-110-87-59-68-45-69(60-87)47-70(46-68)61-87)81(49-71)106-34-28-100-22-16-97-19-25-103-31-37-109-86-56-65-42-66(57-86)44-67(43-65)58-86/h9-14,48-52,62-70,88H,5-8,15-47,53-61H2,1-4H3/p+1. The fourth-order valence-electron chi connectivity index (χ4n) is 21.8. The zero-order valence-corrected chi connectivity index (χ0v) is 69.0. The summed E-state index contributed by atoms with van der Waals surface area (Å²) in [5.41, 5.74) is 2.55. The Balaban J connectivity index is 0.628. The fourth-order valence-corrected chi connectivity index (χ4v) is 23.7. The van der Waals surface area contributed by atoms with Crippen molar-refractivity contribution in [3.63, 3.8) is 0 Å². The molecule has 0 unspecified atom stereocenters. The molecule has 1 aliphatic heterocycles. The van der Waals surface area contributed by atoms with E-state index in [2.05, 4.69) is 41.9 Å². The monoisotopic (exact) mass is 1610 g/mol. The van der Waals surface area contributed by atoms with Gasteiger partial charge in [-0.05, 0) is 227 Å². The van der Waals surface area contributed by atoms with Crippen LogP contribution >= 0.6 is 0 Å². The Hall–Kier alpha value is -5.27.